The summed E-state index contributed by atoms with van der Waals surface area (Å²) in [5.74, 6) is 2.58. The minimum absolute atomic E-state index is 0. The molecule has 0 saturated carbocycles. The van der Waals surface area contributed by atoms with Gasteiger partial charge >= 0.3 is 0 Å². The Morgan fingerprint density at radius 2 is 1.31 bits per heavy atom. The fourth-order valence-electron chi connectivity index (χ4n) is 8.57. The molecule has 0 amide bonds. The van der Waals surface area contributed by atoms with Crippen molar-refractivity contribution in [3.05, 3.63) is 205 Å². The minimum atomic E-state index is 0. The third-order valence-corrected chi connectivity index (χ3v) is 11.5. The molecule has 0 N–H and O–H groups in total. The third kappa shape index (κ3) is 7.33. The van der Waals surface area contributed by atoms with E-state index in [1.165, 1.54) is 27.8 Å². The van der Waals surface area contributed by atoms with Gasteiger partial charge in [0.25, 0.3) is 0 Å². The second kappa shape index (κ2) is 16.8. The molecule has 6 nitrogen and oxygen atoms in total. The zero-order valence-corrected chi connectivity index (χ0v) is 37.1. The van der Waals surface area contributed by atoms with Gasteiger partial charge in [-0.25, -0.2) is 9.83 Å². The van der Waals surface area contributed by atoms with Crippen LogP contribution in [0.25, 0.3) is 54.7 Å². The SMILES string of the molecule is [C-]#[N+]c1cccc(N2[CH-]N(c3[c-]c(Oc4[c-]c5c(cc4)c4ccccc4n5-c4cc(-c5c(C(C)C)cc(-c6ccccc6)cc5C(C)C)ccn4)ccc3)c3ccccc32)c1.[Pt]. The van der Waals surface area contributed by atoms with Crippen molar-refractivity contribution in [1.82, 2.24) is 9.55 Å². The molecule has 0 saturated heterocycles. The van der Waals surface area contributed by atoms with Crippen LogP contribution < -0.4 is 14.5 Å². The van der Waals surface area contributed by atoms with Crippen LogP contribution in [0.2, 0.25) is 0 Å². The Morgan fingerprint density at radius 3 is 2.06 bits per heavy atom. The van der Waals surface area contributed by atoms with Gasteiger partial charge in [-0.1, -0.05) is 118 Å². The summed E-state index contributed by atoms with van der Waals surface area (Å²) in [4.78, 5) is 12.9. The van der Waals surface area contributed by atoms with Crippen LogP contribution in [-0.4, -0.2) is 9.55 Å². The first kappa shape index (κ1) is 40.5. The van der Waals surface area contributed by atoms with Crippen LogP contribution in [0.4, 0.5) is 28.4 Å². The van der Waals surface area contributed by atoms with Crippen LogP contribution in [0, 0.1) is 25.4 Å². The van der Waals surface area contributed by atoms with Gasteiger partial charge in [-0.3, -0.25) is 0 Å². The van der Waals surface area contributed by atoms with Crippen molar-refractivity contribution in [1.29, 1.82) is 0 Å². The molecule has 2 aromatic heterocycles. The van der Waals surface area contributed by atoms with E-state index in [1.54, 1.807) is 0 Å². The average Bonchev–Trinajstić information content (AvgIpc) is 3.85. The summed E-state index contributed by atoms with van der Waals surface area (Å²) in [6.45, 7) is 18.7. The Kier molecular flexibility index (Phi) is 11.0. The monoisotopic (exact) mass is 983 g/mol. The van der Waals surface area contributed by atoms with Gasteiger partial charge in [-0.2, -0.15) is 12.1 Å². The van der Waals surface area contributed by atoms with E-state index < -0.39 is 0 Å². The zero-order chi connectivity index (χ0) is 41.6. The van der Waals surface area contributed by atoms with Crippen molar-refractivity contribution in [2.45, 2.75) is 39.5 Å². The van der Waals surface area contributed by atoms with Gasteiger partial charge in [0.2, 0.25) is 0 Å². The Labute approximate surface area is 377 Å². The van der Waals surface area contributed by atoms with Crippen molar-refractivity contribution in [2.75, 3.05) is 9.80 Å². The molecule has 10 rings (SSSR count). The quantitative estimate of drug-likeness (QED) is 0.135. The van der Waals surface area contributed by atoms with E-state index in [1.807, 2.05) is 73.5 Å². The van der Waals surface area contributed by atoms with Crippen LogP contribution in [0.5, 0.6) is 11.5 Å². The van der Waals surface area contributed by atoms with Crippen LogP contribution in [-0.2, 0) is 21.1 Å². The van der Waals surface area contributed by atoms with Gasteiger partial charge in [-0.15, -0.1) is 48.1 Å². The molecule has 0 fully saturated rings. The topological polar surface area (TPSA) is 37.9 Å². The van der Waals surface area contributed by atoms with Crippen LogP contribution in [0.15, 0.2) is 164 Å². The number of fused-ring (bicyclic) bond motifs is 4. The summed E-state index contributed by atoms with van der Waals surface area (Å²) >= 11 is 0. The summed E-state index contributed by atoms with van der Waals surface area (Å²) in [5, 5.41) is 2.19. The Morgan fingerprint density at radius 1 is 0.613 bits per heavy atom. The van der Waals surface area contributed by atoms with E-state index in [-0.39, 0.29) is 21.1 Å². The number of hydrogen-bond donors (Lipinski definition) is 0. The largest absolute Gasteiger partial charge is 0.509 e. The maximum Gasteiger partial charge on any atom is 0.189 e. The maximum atomic E-state index is 7.54. The van der Waals surface area contributed by atoms with Crippen molar-refractivity contribution in [2.24, 2.45) is 0 Å². The second-order valence-corrected chi connectivity index (χ2v) is 16.0. The number of aromatic nitrogens is 2. The molecule has 7 aromatic carbocycles. The van der Waals surface area contributed by atoms with Gasteiger partial charge in [0, 0.05) is 61.3 Å². The molecule has 306 valence electrons. The number of nitrogens with zero attached hydrogens (tertiary/aromatic N) is 5. The van der Waals surface area contributed by atoms with Crippen LogP contribution >= 0.6 is 0 Å². The van der Waals surface area contributed by atoms with Crippen LogP contribution in [0.1, 0.15) is 50.7 Å². The Balaban J connectivity index is 0.00000490. The fraction of sp³-hybridized carbons (Fsp3) is 0.109. The predicted octanol–water partition coefficient (Wildman–Crippen LogP) is 15.1. The van der Waals surface area contributed by atoms with Crippen molar-refractivity contribution >= 4 is 50.2 Å². The molecule has 0 radical (unpaired) electrons. The Hall–Kier alpha value is -6.93. The molecular weight excluding hydrogens is 942 g/mol. The van der Waals surface area contributed by atoms with E-state index in [9.17, 15) is 0 Å². The summed E-state index contributed by atoms with van der Waals surface area (Å²) in [6.07, 6.45) is 1.93. The smallest absolute Gasteiger partial charge is 0.189 e. The molecule has 3 heterocycles. The summed E-state index contributed by atoms with van der Waals surface area (Å²) < 4.78 is 8.80. The first-order valence-electron chi connectivity index (χ1n) is 20.7. The normalized spacial score (nSPS) is 12.2. The van der Waals surface area contributed by atoms with E-state index in [2.05, 4.69) is 156 Å². The molecular formula is C55H42N5OPt-3. The summed E-state index contributed by atoms with van der Waals surface area (Å²) in [7, 11) is 0. The molecule has 0 atom stereocenters. The molecule has 7 heteroatoms. The minimum Gasteiger partial charge on any atom is -0.509 e. The van der Waals surface area contributed by atoms with Gasteiger partial charge in [0.1, 0.15) is 5.82 Å². The molecule has 0 aliphatic carbocycles. The van der Waals surface area contributed by atoms with E-state index in [4.69, 9.17) is 16.3 Å². The maximum absolute atomic E-state index is 7.54. The fourth-order valence-corrected chi connectivity index (χ4v) is 8.57. The predicted molar refractivity (Wildman–Crippen MR) is 250 cm³/mol. The van der Waals surface area contributed by atoms with Gasteiger partial charge < -0.3 is 19.1 Å². The van der Waals surface area contributed by atoms with Crippen LogP contribution in [0.3, 0.4) is 0 Å². The number of hydrogen-bond acceptors (Lipinski definition) is 4. The first-order chi connectivity index (χ1) is 29.8. The number of rotatable bonds is 9. The number of pyridine rings is 1. The van der Waals surface area contributed by atoms with Gasteiger partial charge in [0.15, 0.2) is 5.69 Å². The first-order valence-corrected chi connectivity index (χ1v) is 20.7. The molecule has 0 bridgehead atoms. The summed E-state index contributed by atoms with van der Waals surface area (Å²) in [6, 6.07) is 61.3. The Bertz CT molecular complexity index is 3120. The van der Waals surface area contributed by atoms with Crippen molar-refractivity contribution in [3.63, 3.8) is 0 Å². The molecule has 9 aromatic rings. The standard InChI is InChI=1S/C55H42N5O.Pt/c1-36(2)48-29-40(38-15-7-6-8-16-38)30-49(37(3)4)55(48)39-27-28-57-54(31-39)60-50-22-10-9-21-46(50)47-26-25-45(34-53(47)60)61-44-20-14-19-43(33-44)59-35-58(51-23-11-12-24-52(51)59)42-18-13-17-41(32-42)56-5;/h6-32,35-37H,1-4H3;/q-3;. The number of para-hydroxylation sites is 3. The van der Waals surface area contributed by atoms with Crippen molar-refractivity contribution in [3.8, 4) is 39.6 Å². The average molecular weight is 984 g/mol. The second-order valence-electron chi connectivity index (χ2n) is 16.0. The third-order valence-electron chi connectivity index (χ3n) is 11.5. The molecule has 0 unspecified atom stereocenters. The number of benzene rings is 7. The summed E-state index contributed by atoms with van der Waals surface area (Å²) in [5.41, 5.74) is 13.8. The zero-order valence-electron chi connectivity index (χ0n) is 34.8. The number of ether oxygens (including phenoxy) is 1. The van der Waals surface area contributed by atoms with Crippen molar-refractivity contribution < 1.29 is 25.8 Å². The van der Waals surface area contributed by atoms with Gasteiger partial charge in [-0.05, 0) is 93.1 Å². The molecule has 1 aliphatic heterocycles. The molecule has 0 spiro atoms. The van der Waals surface area contributed by atoms with Gasteiger partial charge in [0.05, 0.1) is 6.57 Å². The van der Waals surface area contributed by atoms with E-state index in [0.29, 0.717) is 29.0 Å². The number of anilines is 4. The molecule has 1 aliphatic rings. The van der Waals surface area contributed by atoms with E-state index >= 15 is 0 Å². The molecule has 62 heavy (non-hydrogen) atoms. The van der Waals surface area contributed by atoms with E-state index in [0.717, 1.165) is 55.9 Å².